The maximum atomic E-state index is 6.03. The molecule has 3 rings (SSSR count). The Morgan fingerprint density at radius 1 is 1.10 bits per heavy atom. The van der Waals surface area contributed by atoms with Crippen molar-refractivity contribution in [2.24, 2.45) is 0 Å². The van der Waals surface area contributed by atoms with Gasteiger partial charge in [-0.25, -0.2) is 9.97 Å². The summed E-state index contributed by atoms with van der Waals surface area (Å²) < 4.78 is 0. The van der Waals surface area contributed by atoms with Gasteiger partial charge in [-0.15, -0.1) is 0 Å². The highest BCUT2D eigenvalue weighted by Crippen LogP contribution is 2.22. The summed E-state index contributed by atoms with van der Waals surface area (Å²) in [6.07, 6.45) is 1.83. The van der Waals surface area contributed by atoms with Crippen LogP contribution in [0.25, 0.3) is 0 Å². The number of nitrogens with one attached hydrogen (secondary N) is 2. The lowest BCUT2D eigenvalue weighted by Gasteiger charge is -2.13. The first-order chi connectivity index (χ1) is 9.83. The van der Waals surface area contributed by atoms with Crippen LogP contribution in [0.2, 0.25) is 5.28 Å². The van der Waals surface area contributed by atoms with Crippen LogP contribution in [-0.2, 0) is 19.4 Å². The SMILES string of the molecule is Clc1nc2c(c(NCc3ccccc3)n1)CCNCC2. The summed E-state index contributed by atoms with van der Waals surface area (Å²) in [5.41, 5.74) is 3.48. The molecule has 0 bridgehead atoms. The van der Waals surface area contributed by atoms with E-state index in [4.69, 9.17) is 11.6 Å². The summed E-state index contributed by atoms with van der Waals surface area (Å²) in [6.45, 7) is 2.64. The van der Waals surface area contributed by atoms with Gasteiger partial charge in [0.05, 0.1) is 5.69 Å². The van der Waals surface area contributed by atoms with E-state index in [1.165, 1.54) is 11.1 Å². The number of fused-ring (bicyclic) bond motifs is 1. The van der Waals surface area contributed by atoms with Crippen LogP contribution in [0.1, 0.15) is 16.8 Å². The van der Waals surface area contributed by atoms with Crippen LogP contribution in [0.15, 0.2) is 30.3 Å². The maximum Gasteiger partial charge on any atom is 0.224 e. The Bertz CT molecular complexity index is 586. The predicted molar refractivity (Wildman–Crippen MR) is 81.1 cm³/mol. The molecule has 4 nitrogen and oxygen atoms in total. The van der Waals surface area contributed by atoms with Crippen molar-refractivity contribution < 1.29 is 0 Å². The van der Waals surface area contributed by atoms with Gasteiger partial charge in [-0.2, -0.15) is 0 Å². The van der Waals surface area contributed by atoms with Gasteiger partial charge in [0.25, 0.3) is 0 Å². The molecule has 20 heavy (non-hydrogen) atoms. The largest absolute Gasteiger partial charge is 0.366 e. The molecule has 0 amide bonds. The van der Waals surface area contributed by atoms with Gasteiger partial charge >= 0.3 is 0 Å². The molecule has 2 aromatic rings. The molecule has 0 aliphatic carbocycles. The lowest BCUT2D eigenvalue weighted by molar-refractivity contribution is 0.708. The fraction of sp³-hybridized carbons (Fsp3) is 0.333. The zero-order valence-corrected chi connectivity index (χ0v) is 12.0. The molecule has 5 heteroatoms. The summed E-state index contributed by atoms with van der Waals surface area (Å²) in [5.74, 6) is 0.868. The fourth-order valence-electron chi connectivity index (χ4n) is 2.44. The van der Waals surface area contributed by atoms with E-state index in [2.05, 4.69) is 32.7 Å². The van der Waals surface area contributed by atoms with E-state index in [0.717, 1.165) is 44.0 Å². The molecular weight excluding hydrogens is 272 g/mol. The first-order valence-electron chi connectivity index (χ1n) is 6.87. The molecule has 1 aromatic heterocycles. The van der Waals surface area contributed by atoms with E-state index in [-0.39, 0.29) is 0 Å². The second-order valence-electron chi connectivity index (χ2n) is 4.86. The van der Waals surface area contributed by atoms with Crippen molar-refractivity contribution in [3.63, 3.8) is 0 Å². The van der Waals surface area contributed by atoms with Gasteiger partial charge < -0.3 is 10.6 Å². The average Bonchev–Trinajstić information content (AvgIpc) is 2.71. The van der Waals surface area contributed by atoms with E-state index in [1.54, 1.807) is 0 Å². The van der Waals surface area contributed by atoms with Crippen molar-refractivity contribution in [2.45, 2.75) is 19.4 Å². The topological polar surface area (TPSA) is 49.8 Å². The van der Waals surface area contributed by atoms with Crippen LogP contribution in [-0.4, -0.2) is 23.1 Å². The highest BCUT2D eigenvalue weighted by Gasteiger charge is 2.15. The number of benzene rings is 1. The van der Waals surface area contributed by atoms with Crippen LogP contribution in [0.5, 0.6) is 0 Å². The minimum atomic E-state index is 0.321. The molecule has 0 saturated carbocycles. The molecule has 0 unspecified atom stereocenters. The first-order valence-corrected chi connectivity index (χ1v) is 7.24. The highest BCUT2D eigenvalue weighted by molar-refractivity contribution is 6.28. The normalized spacial score (nSPS) is 14.4. The minimum absolute atomic E-state index is 0.321. The third kappa shape index (κ3) is 3.08. The van der Waals surface area contributed by atoms with Crippen molar-refractivity contribution >= 4 is 17.4 Å². The number of hydrogen-bond acceptors (Lipinski definition) is 4. The van der Waals surface area contributed by atoms with Crippen molar-refractivity contribution in [1.29, 1.82) is 0 Å². The van der Waals surface area contributed by atoms with Gasteiger partial charge in [0.15, 0.2) is 0 Å². The van der Waals surface area contributed by atoms with Gasteiger partial charge in [0, 0.05) is 25.1 Å². The van der Waals surface area contributed by atoms with E-state index in [9.17, 15) is 0 Å². The van der Waals surface area contributed by atoms with Gasteiger partial charge in [0.2, 0.25) is 5.28 Å². The number of halogens is 1. The minimum Gasteiger partial charge on any atom is -0.366 e. The van der Waals surface area contributed by atoms with Crippen LogP contribution < -0.4 is 10.6 Å². The molecule has 0 atom stereocenters. The Labute approximate surface area is 123 Å². The number of nitrogens with zero attached hydrogens (tertiary/aromatic N) is 2. The molecule has 2 N–H and O–H groups in total. The number of rotatable bonds is 3. The third-order valence-corrected chi connectivity index (χ3v) is 3.63. The highest BCUT2D eigenvalue weighted by atomic mass is 35.5. The lowest BCUT2D eigenvalue weighted by atomic mass is 10.1. The predicted octanol–water partition coefficient (Wildman–Crippen LogP) is 2.43. The summed E-state index contributed by atoms with van der Waals surface area (Å²) in [7, 11) is 0. The molecule has 1 aliphatic rings. The Kier molecular flexibility index (Phi) is 4.14. The first kappa shape index (κ1) is 13.3. The van der Waals surface area contributed by atoms with Gasteiger partial charge in [-0.05, 0) is 30.1 Å². The third-order valence-electron chi connectivity index (χ3n) is 3.46. The smallest absolute Gasteiger partial charge is 0.224 e. The maximum absolute atomic E-state index is 6.03. The van der Waals surface area contributed by atoms with Crippen LogP contribution in [0, 0.1) is 0 Å². The Morgan fingerprint density at radius 3 is 2.75 bits per heavy atom. The molecule has 2 heterocycles. The van der Waals surface area contributed by atoms with Gasteiger partial charge in [-0.1, -0.05) is 30.3 Å². The Balaban J connectivity index is 1.83. The van der Waals surface area contributed by atoms with Crippen LogP contribution >= 0.6 is 11.6 Å². The Morgan fingerprint density at radius 2 is 1.90 bits per heavy atom. The van der Waals surface area contributed by atoms with Crippen molar-refractivity contribution in [3.8, 4) is 0 Å². The zero-order valence-electron chi connectivity index (χ0n) is 11.2. The standard InChI is InChI=1S/C15H17ClN4/c16-15-19-13-7-9-17-8-6-12(13)14(20-15)18-10-11-4-2-1-3-5-11/h1-5,17H,6-10H2,(H,18,19,20). The van der Waals surface area contributed by atoms with Crippen LogP contribution in [0.4, 0.5) is 5.82 Å². The summed E-state index contributed by atoms with van der Waals surface area (Å²) in [4.78, 5) is 8.72. The zero-order chi connectivity index (χ0) is 13.8. The van der Waals surface area contributed by atoms with Crippen molar-refractivity contribution in [2.75, 3.05) is 18.4 Å². The monoisotopic (exact) mass is 288 g/mol. The number of anilines is 1. The molecular formula is C15H17ClN4. The quantitative estimate of drug-likeness (QED) is 0.852. The molecule has 104 valence electrons. The summed E-state index contributed by atoms with van der Waals surface area (Å²) in [5, 5.41) is 7.09. The molecule has 1 aromatic carbocycles. The lowest BCUT2D eigenvalue weighted by Crippen LogP contribution is -2.16. The Hall–Kier alpha value is -1.65. The van der Waals surface area contributed by atoms with E-state index in [0.29, 0.717) is 5.28 Å². The summed E-state index contributed by atoms with van der Waals surface area (Å²) in [6, 6.07) is 10.3. The summed E-state index contributed by atoms with van der Waals surface area (Å²) >= 11 is 6.03. The fourth-order valence-corrected chi connectivity index (χ4v) is 2.63. The van der Waals surface area contributed by atoms with E-state index in [1.807, 2.05) is 18.2 Å². The number of aromatic nitrogens is 2. The van der Waals surface area contributed by atoms with Crippen molar-refractivity contribution in [1.82, 2.24) is 15.3 Å². The van der Waals surface area contributed by atoms with Gasteiger partial charge in [0.1, 0.15) is 5.82 Å². The molecule has 0 spiro atoms. The number of hydrogen-bond donors (Lipinski definition) is 2. The van der Waals surface area contributed by atoms with E-state index >= 15 is 0 Å². The molecule has 1 aliphatic heterocycles. The molecule has 0 fully saturated rings. The molecule has 0 saturated heterocycles. The average molecular weight is 289 g/mol. The molecule has 0 radical (unpaired) electrons. The van der Waals surface area contributed by atoms with E-state index < -0.39 is 0 Å². The second-order valence-corrected chi connectivity index (χ2v) is 5.19. The van der Waals surface area contributed by atoms with Gasteiger partial charge in [-0.3, -0.25) is 0 Å². The van der Waals surface area contributed by atoms with Crippen LogP contribution in [0.3, 0.4) is 0 Å². The van der Waals surface area contributed by atoms with Crippen molar-refractivity contribution in [3.05, 3.63) is 52.4 Å². The second kappa shape index (κ2) is 6.20.